The number of rotatable bonds is 2. The molecular formula is C19H12Cl2N2O. The van der Waals surface area contributed by atoms with E-state index in [0.717, 1.165) is 16.3 Å². The largest absolute Gasteiger partial charge is 0.506 e. The summed E-state index contributed by atoms with van der Waals surface area (Å²) in [6.07, 6.45) is 1.47. The summed E-state index contributed by atoms with van der Waals surface area (Å²) in [6.45, 7) is 1.87. The Kier molecular flexibility index (Phi) is 4.44. The van der Waals surface area contributed by atoms with Crippen LogP contribution in [0, 0.1) is 18.3 Å². The first-order valence-corrected chi connectivity index (χ1v) is 7.91. The molecule has 0 fully saturated rings. The smallest absolute Gasteiger partial charge is 0.143 e. The molecule has 0 heterocycles. The minimum absolute atomic E-state index is 0.0970. The highest BCUT2D eigenvalue weighted by atomic mass is 35.5. The first kappa shape index (κ1) is 16.3. The van der Waals surface area contributed by atoms with Crippen LogP contribution in [0.3, 0.4) is 0 Å². The fourth-order valence-electron chi connectivity index (χ4n) is 2.56. The van der Waals surface area contributed by atoms with Crippen LogP contribution in [0.1, 0.15) is 16.7 Å². The standard InChI is InChI=1S/C19H12Cl2N2O/c1-11-6-12-4-2-3-5-15(12)18(16(11)9-22)23-10-13-7-14(20)8-17(21)19(13)24/h2-8,10,24H,1H3. The summed E-state index contributed by atoms with van der Waals surface area (Å²) in [5.41, 5.74) is 2.29. The van der Waals surface area contributed by atoms with E-state index in [4.69, 9.17) is 23.2 Å². The fourth-order valence-corrected chi connectivity index (χ4v) is 3.07. The van der Waals surface area contributed by atoms with Crippen molar-refractivity contribution in [3.63, 3.8) is 0 Å². The minimum atomic E-state index is -0.0970. The number of phenolic OH excluding ortho intramolecular Hbond substituents is 1. The molecule has 0 aromatic heterocycles. The molecule has 3 rings (SSSR count). The summed E-state index contributed by atoms with van der Waals surface area (Å²) in [4.78, 5) is 4.45. The Bertz CT molecular complexity index is 1020. The molecule has 0 aliphatic carbocycles. The van der Waals surface area contributed by atoms with Gasteiger partial charge in [-0.25, -0.2) is 0 Å². The van der Waals surface area contributed by atoms with Crippen LogP contribution in [-0.4, -0.2) is 11.3 Å². The van der Waals surface area contributed by atoms with Crippen LogP contribution in [0.5, 0.6) is 5.75 Å². The monoisotopic (exact) mass is 354 g/mol. The highest BCUT2D eigenvalue weighted by Crippen LogP contribution is 2.34. The molecule has 118 valence electrons. The van der Waals surface area contributed by atoms with Crippen LogP contribution in [0.25, 0.3) is 10.8 Å². The summed E-state index contributed by atoms with van der Waals surface area (Å²) in [5, 5.41) is 21.9. The maximum atomic E-state index is 10.0. The van der Waals surface area contributed by atoms with Crippen molar-refractivity contribution in [2.75, 3.05) is 0 Å². The van der Waals surface area contributed by atoms with Crippen molar-refractivity contribution in [1.82, 2.24) is 0 Å². The van der Waals surface area contributed by atoms with Crippen molar-refractivity contribution in [1.29, 1.82) is 5.26 Å². The lowest BCUT2D eigenvalue weighted by molar-refractivity contribution is 0.475. The number of benzene rings is 3. The lowest BCUT2D eigenvalue weighted by atomic mass is 10.00. The van der Waals surface area contributed by atoms with Crippen LogP contribution in [0.4, 0.5) is 5.69 Å². The number of hydrogen-bond acceptors (Lipinski definition) is 3. The minimum Gasteiger partial charge on any atom is -0.506 e. The van der Waals surface area contributed by atoms with Crippen molar-refractivity contribution in [3.8, 4) is 11.8 Å². The molecule has 5 heteroatoms. The number of halogens is 2. The van der Waals surface area contributed by atoms with Crippen LogP contribution >= 0.6 is 23.2 Å². The second kappa shape index (κ2) is 6.52. The van der Waals surface area contributed by atoms with Gasteiger partial charge in [-0.1, -0.05) is 47.5 Å². The number of nitriles is 1. The third kappa shape index (κ3) is 2.94. The Labute approximate surface area is 149 Å². The number of phenols is 1. The van der Waals surface area contributed by atoms with Gasteiger partial charge in [-0.2, -0.15) is 5.26 Å². The van der Waals surface area contributed by atoms with Crippen molar-refractivity contribution < 1.29 is 5.11 Å². The molecule has 0 spiro atoms. The van der Waals surface area contributed by atoms with Gasteiger partial charge in [-0.05, 0) is 36.1 Å². The SMILES string of the molecule is Cc1cc2ccccc2c(N=Cc2cc(Cl)cc(Cl)c2O)c1C#N. The van der Waals surface area contributed by atoms with Crippen LogP contribution in [-0.2, 0) is 0 Å². The molecule has 0 bridgehead atoms. The van der Waals surface area contributed by atoms with Gasteiger partial charge < -0.3 is 5.11 Å². The van der Waals surface area contributed by atoms with Gasteiger partial charge in [0.05, 0.1) is 16.3 Å². The van der Waals surface area contributed by atoms with Gasteiger partial charge in [-0.3, -0.25) is 4.99 Å². The lowest BCUT2D eigenvalue weighted by Gasteiger charge is -2.08. The third-order valence-corrected chi connectivity index (χ3v) is 4.23. The van der Waals surface area contributed by atoms with Crippen molar-refractivity contribution >= 4 is 45.9 Å². The molecule has 0 aliphatic heterocycles. The van der Waals surface area contributed by atoms with E-state index >= 15 is 0 Å². The van der Waals surface area contributed by atoms with Crippen LogP contribution < -0.4 is 0 Å². The molecule has 1 N–H and O–H groups in total. The van der Waals surface area contributed by atoms with Crippen molar-refractivity contribution in [3.05, 3.63) is 69.2 Å². The first-order chi connectivity index (χ1) is 11.5. The van der Waals surface area contributed by atoms with E-state index in [-0.39, 0.29) is 10.8 Å². The molecular weight excluding hydrogens is 343 g/mol. The number of aliphatic imine (C=N–C) groups is 1. The number of nitrogens with zero attached hydrogens (tertiary/aromatic N) is 2. The zero-order valence-electron chi connectivity index (χ0n) is 12.7. The maximum Gasteiger partial charge on any atom is 0.143 e. The molecule has 0 aliphatic rings. The number of aromatic hydroxyl groups is 1. The predicted molar refractivity (Wildman–Crippen MR) is 98.8 cm³/mol. The quantitative estimate of drug-likeness (QED) is 0.592. The molecule has 3 aromatic rings. The average molecular weight is 355 g/mol. The Hall–Kier alpha value is -2.54. The zero-order valence-corrected chi connectivity index (χ0v) is 14.2. The van der Waals surface area contributed by atoms with Crippen LogP contribution in [0.2, 0.25) is 10.0 Å². The fraction of sp³-hybridized carbons (Fsp3) is 0.0526. The highest BCUT2D eigenvalue weighted by molar-refractivity contribution is 6.36. The molecule has 0 radical (unpaired) electrons. The normalized spacial score (nSPS) is 11.1. The maximum absolute atomic E-state index is 10.0. The van der Waals surface area contributed by atoms with Gasteiger partial charge in [0.25, 0.3) is 0 Å². The van der Waals surface area contributed by atoms with E-state index in [0.29, 0.717) is 21.8 Å². The highest BCUT2D eigenvalue weighted by Gasteiger charge is 2.11. The molecule has 3 nitrogen and oxygen atoms in total. The van der Waals surface area contributed by atoms with E-state index in [2.05, 4.69) is 11.1 Å². The summed E-state index contributed by atoms with van der Waals surface area (Å²) < 4.78 is 0. The van der Waals surface area contributed by atoms with Gasteiger partial charge in [0, 0.05) is 22.2 Å². The second-order valence-electron chi connectivity index (χ2n) is 5.33. The topological polar surface area (TPSA) is 56.4 Å². The van der Waals surface area contributed by atoms with Gasteiger partial charge in [0.1, 0.15) is 11.8 Å². The number of fused-ring (bicyclic) bond motifs is 1. The third-order valence-electron chi connectivity index (χ3n) is 3.72. The van der Waals surface area contributed by atoms with E-state index < -0.39 is 0 Å². The van der Waals surface area contributed by atoms with Crippen LogP contribution in [0.15, 0.2) is 47.5 Å². The zero-order chi connectivity index (χ0) is 17.3. The number of aryl methyl sites for hydroxylation is 1. The van der Waals surface area contributed by atoms with E-state index in [1.54, 1.807) is 6.07 Å². The van der Waals surface area contributed by atoms with Gasteiger partial charge >= 0.3 is 0 Å². The summed E-state index contributed by atoms with van der Waals surface area (Å²) in [6, 6.07) is 14.9. The Morgan fingerprint density at radius 3 is 2.67 bits per heavy atom. The Morgan fingerprint density at radius 2 is 1.92 bits per heavy atom. The lowest BCUT2D eigenvalue weighted by Crippen LogP contribution is -1.88. The summed E-state index contributed by atoms with van der Waals surface area (Å²) in [5.74, 6) is -0.0970. The average Bonchev–Trinajstić information content (AvgIpc) is 2.56. The summed E-state index contributed by atoms with van der Waals surface area (Å²) >= 11 is 11.9. The molecule has 0 saturated heterocycles. The molecule has 0 atom stereocenters. The van der Waals surface area contributed by atoms with Gasteiger partial charge in [0.2, 0.25) is 0 Å². The molecule has 0 amide bonds. The molecule has 0 unspecified atom stereocenters. The number of hydrogen-bond donors (Lipinski definition) is 1. The first-order valence-electron chi connectivity index (χ1n) is 7.16. The van der Waals surface area contributed by atoms with E-state index in [1.807, 2.05) is 37.3 Å². The Morgan fingerprint density at radius 1 is 1.17 bits per heavy atom. The van der Waals surface area contributed by atoms with E-state index in [1.165, 1.54) is 12.3 Å². The predicted octanol–water partition coefficient (Wildman–Crippen LogP) is 5.78. The molecule has 24 heavy (non-hydrogen) atoms. The van der Waals surface area contributed by atoms with Crippen molar-refractivity contribution in [2.45, 2.75) is 6.92 Å². The van der Waals surface area contributed by atoms with Crippen molar-refractivity contribution in [2.24, 2.45) is 4.99 Å². The van der Waals surface area contributed by atoms with Gasteiger partial charge in [0.15, 0.2) is 0 Å². The molecule has 0 saturated carbocycles. The Balaban J connectivity index is 2.22. The molecule has 3 aromatic carbocycles. The van der Waals surface area contributed by atoms with Gasteiger partial charge in [-0.15, -0.1) is 0 Å². The second-order valence-corrected chi connectivity index (χ2v) is 6.18. The van der Waals surface area contributed by atoms with E-state index in [9.17, 15) is 10.4 Å². The summed E-state index contributed by atoms with van der Waals surface area (Å²) in [7, 11) is 0.